The predicted octanol–water partition coefficient (Wildman–Crippen LogP) is 1.56. The molecule has 1 aromatic heterocycles. The number of hydrogen-bond acceptors (Lipinski definition) is 4. The number of sulfonamides is 1. The van der Waals surface area contributed by atoms with E-state index in [1.165, 1.54) is 4.31 Å². The van der Waals surface area contributed by atoms with E-state index < -0.39 is 10.0 Å². The van der Waals surface area contributed by atoms with E-state index in [-0.39, 0.29) is 11.9 Å². The molecule has 1 fully saturated rings. The summed E-state index contributed by atoms with van der Waals surface area (Å²) in [5.41, 5.74) is 1.76. The monoisotopic (exact) mass is 374 g/mol. The maximum atomic E-state index is 13.1. The zero-order valence-corrected chi connectivity index (χ0v) is 15.5. The van der Waals surface area contributed by atoms with E-state index in [0.29, 0.717) is 31.0 Å². The third-order valence-corrected chi connectivity index (χ3v) is 6.89. The Bertz CT molecular complexity index is 937. The first kappa shape index (κ1) is 17.2. The van der Waals surface area contributed by atoms with Gasteiger partial charge in [0.1, 0.15) is 0 Å². The Balaban J connectivity index is 1.64. The quantitative estimate of drug-likeness (QED) is 0.814. The van der Waals surface area contributed by atoms with Gasteiger partial charge in [-0.1, -0.05) is 12.1 Å². The molecule has 1 amide bonds. The number of rotatable bonds is 4. The number of aromatic nitrogens is 2. The lowest BCUT2D eigenvalue weighted by molar-refractivity contribution is -0.128. The maximum absolute atomic E-state index is 13.1. The zero-order valence-electron chi connectivity index (χ0n) is 14.7. The lowest BCUT2D eigenvalue weighted by Gasteiger charge is -2.35. The van der Waals surface area contributed by atoms with Gasteiger partial charge in [-0.25, -0.2) is 8.42 Å². The molecule has 0 spiro atoms. The van der Waals surface area contributed by atoms with E-state index in [1.807, 2.05) is 28.6 Å². The molecule has 2 aliphatic heterocycles. The Morgan fingerprint density at radius 1 is 1.27 bits per heavy atom. The van der Waals surface area contributed by atoms with Crippen molar-refractivity contribution in [2.45, 2.75) is 37.2 Å². The Morgan fingerprint density at radius 3 is 2.85 bits per heavy atom. The van der Waals surface area contributed by atoms with Crippen LogP contribution in [0.5, 0.6) is 0 Å². The summed E-state index contributed by atoms with van der Waals surface area (Å²) in [6.45, 7) is 3.71. The summed E-state index contributed by atoms with van der Waals surface area (Å²) in [5, 5.41) is 4.37. The summed E-state index contributed by atoms with van der Waals surface area (Å²) in [4.78, 5) is 14.1. The van der Waals surface area contributed by atoms with Crippen LogP contribution in [0.4, 0.5) is 0 Å². The number of carbonyl (C=O) groups is 1. The topological polar surface area (TPSA) is 75.5 Å². The third kappa shape index (κ3) is 3.03. The number of aryl methyl sites for hydroxylation is 1. The van der Waals surface area contributed by atoms with Crippen LogP contribution in [0.3, 0.4) is 0 Å². The number of benzene rings is 1. The minimum atomic E-state index is -3.60. The highest BCUT2D eigenvalue weighted by atomic mass is 32.2. The lowest BCUT2D eigenvalue weighted by Crippen LogP contribution is -2.45. The molecule has 1 atom stereocenters. The first-order valence-electron chi connectivity index (χ1n) is 8.82. The molecule has 0 saturated carbocycles. The highest BCUT2D eigenvalue weighted by Gasteiger charge is 2.35. The van der Waals surface area contributed by atoms with Gasteiger partial charge < -0.3 is 4.90 Å². The highest BCUT2D eigenvalue weighted by molar-refractivity contribution is 7.89. The molecule has 0 radical (unpaired) electrons. The largest absolute Gasteiger partial charge is 0.340 e. The van der Waals surface area contributed by atoms with E-state index in [0.717, 1.165) is 24.2 Å². The van der Waals surface area contributed by atoms with Crippen LogP contribution in [0, 0.1) is 6.92 Å². The number of nitrogens with zero attached hydrogens (tertiary/aromatic N) is 4. The molecule has 7 nitrogen and oxygen atoms in total. The Morgan fingerprint density at radius 2 is 2.12 bits per heavy atom. The molecule has 0 aliphatic carbocycles. The molecule has 1 unspecified atom stereocenters. The van der Waals surface area contributed by atoms with E-state index in [2.05, 4.69) is 5.10 Å². The minimum Gasteiger partial charge on any atom is -0.340 e. The highest BCUT2D eigenvalue weighted by Crippen LogP contribution is 2.28. The molecular weight excluding hydrogens is 352 g/mol. The van der Waals surface area contributed by atoms with Gasteiger partial charge in [0, 0.05) is 32.3 Å². The van der Waals surface area contributed by atoms with Gasteiger partial charge in [-0.3, -0.25) is 9.48 Å². The van der Waals surface area contributed by atoms with E-state index in [1.54, 1.807) is 24.4 Å². The average molecular weight is 374 g/mol. The fraction of sp³-hybridized carbons (Fsp3) is 0.444. The van der Waals surface area contributed by atoms with E-state index >= 15 is 0 Å². The first-order chi connectivity index (χ1) is 12.4. The van der Waals surface area contributed by atoms with Crippen molar-refractivity contribution in [1.29, 1.82) is 0 Å². The summed E-state index contributed by atoms with van der Waals surface area (Å²) in [6.07, 6.45) is 3.13. The van der Waals surface area contributed by atoms with Crippen LogP contribution in [0.1, 0.15) is 30.1 Å². The second-order valence-corrected chi connectivity index (χ2v) is 8.92. The van der Waals surface area contributed by atoms with Crippen LogP contribution in [-0.2, 0) is 21.4 Å². The number of hydrogen-bond donors (Lipinski definition) is 0. The molecule has 0 bridgehead atoms. The molecular formula is C18H22N4O3S. The fourth-order valence-electron chi connectivity index (χ4n) is 3.75. The molecule has 0 N–H and O–H groups in total. The number of fused-ring (bicyclic) bond motifs is 1. The van der Waals surface area contributed by atoms with Gasteiger partial charge >= 0.3 is 0 Å². The van der Waals surface area contributed by atoms with Crippen LogP contribution in [0.25, 0.3) is 0 Å². The summed E-state index contributed by atoms with van der Waals surface area (Å²) < 4.78 is 29.6. The van der Waals surface area contributed by atoms with Crippen molar-refractivity contribution in [3.8, 4) is 0 Å². The maximum Gasteiger partial charge on any atom is 0.243 e. The molecule has 2 aromatic rings. The minimum absolute atomic E-state index is 0.136. The molecule has 1 saturated heterocycles. The summed E-state index contributed by atoms with van der Waals surface area (Å²) >= 11 is 0. The summed E-state index contributed by atoms with van der Waals surface area (Å²) in [7, 11) is -3.60. The van der Waals surface area contributed by atoms with Crippen LogP contribution in [0.15, 0.2) is 41.4 Å². The first-order valence-corrected chi connectivity index (χ1v) is 10.3. The third-order valence-electron chi connectivity index (χ3n) is 5.08. The van der Waals surface area contributed by atoms with Crippen molar-refractivity contribution in [3.05, 3.63) is 47.8 Å². The van der Waals surface area contributed by atoms with Gasteiger partial charge in [-0.15, -0.1) is 0 Å². The van der Waals surface area contributed by atoms with Crippen LogP contribution in [0.2, 0.25) is 0 Å². The van der Waals surface area contributed by atoms with Crippen molar-refractivity contribution in [3.63, 3.8) is 0 Å². The standard InChI is InChI=1S/C18H22N4O3S/c1-14-4-2-5-17(10-14)26(24,25)21-12-15-7-8-19-22(15)16(13-21)11-20-9-3-6-18(20)23/h2,4-5,7-8,10,16H,3,6,9,11-13H2,1H3. The van der Waals surface area contributed by atoms with Crippen LogP contribution >= 0.6 is 0 Å². The van der Waals surface area contributed by atoms with Gasteiger partial charge in [-0.2, -0.15) is 9.40 Å². The zero-order chi connectivity index (χ0) is 18.3. The lowest BCUT2D eigenvalue weighted by atomic mass is 10.2. The SMILES string of the molecule is Cc1cccc(S(=O)(=O)N2Cc3ccnn3C(CN3CCCC3=O)C2)c1. The molecule has 138 valence electrons. The second kappa shape index (κ2) is 6.51. The second-order valence-electron chi connectivity index (χ2n) is 6.98. The summed E-state index contributed by atoms with van der Waals surface area (Å²) in [5.74, 6) is 0.136. The van der Waals surface area contributed by atoms with Gasteiger partial charge in [0.25, 0.3) is 0 Å². The van der Waals surface area contributed by atoms with E-state index in [9.17, 15) is 13.2 Å². The van der Waals surface area contributed by atoms with Crippen LogP contribution in [-0.4, -0.2) is 52.9 Å². The van der Waals surface area contributed by atoms with E-state index in [4.69, 9.17) is 0 Å². The Kier molecular flexibility index (Phi) is 4.32. The average Bonchev–Trinajstić information content (AvgIpc) is 3.24. The molecule has 8 heteroatoms. The Hall–Kier alpha value is -2.19. The molecule has 3 heterocycles. The molecule has 1 aromatic carbocycles. The smallest absolute Gasteiger partial charge is 0.243 e. The van der Waals surface area contributed by atoms with Gasteiger partial charge in [-0.05, 0) is 37.1 Å². The van der Waals surface area contributed by atoms with Crippen molar-refractivity contribution in [2.75, 3.05) is 19.6 Å². The van der Waals surface area contributed by atoms with Crippen molar-refractivity contribution in [2.24, 2.45) is 0 Å². The number of likely N-dealkylation sites (tertiary alicyclic amines) is 1. The van der Waals surface area contributed by atoms with Crippen molar-refractivity contribution in [1.82, 2.24) is 19.0 Å². The molecule has 2 aliphatic rings. The number of carbonyl (C=O) groups excluding carboxylic acids is 1. The molecule has 26 heavy (non-hydrogen) atoms. The van der Waals surface area contributed by atoms with Crippen molar-refractivity contribution >= 4 is 15.9 Å². The summed E-state index contributed by atoms with van der Waals surface area (Å²) in [6, 6.07) is 8.64. The number of amides is 1. The molecule has 4 rings (SSSR count). The van der Waals surface area contributed by atoms with Crippen molar-refractivity contribution < 1.29 is 13.2 Å². The normalized spacial score (nSPS) is 21.2. The Labute approximate surface area is 153 Å². The predicted molar refractivity (Wildman–Crippen MR) is 95.9 cm³/mol. The fourth-order valence-corrected chi connectivity index (χ4v) is 5.30. The van der Waals surface area contributed by atoms with Gasteiger partial charge in [0.2, 0.25) is 15.9 Å². The van der Waals surface area contributed by atoms with Gasteiger partial charge in [0.05, 0.1) is 23.2 Å². The van der Waals surface area contributed by atoms with Gasteiger partial charge in [0.15, 0.2) is 0 Å². The van der Waals surface area contributed by atoms with Crippen LogP contribution < -0.4 is 0 Å².